The number of methoxy groups -OCH3 is 1. The van der Waals surface area contributed by atoms with Crippen LogP contribution in [0.4, 0.5) is 0 Å². The van der Waals surface area contributed by atoms with Crippen LogP contribution in [0.5, 0.6) is 11.5 Å². The van der Waals surface area contributed by atoms with Crippen molar-refractivity contribution in [1.82, 2.24) is 4.90 Å². The minimum atomic E-state index is -0.0670. The molecule has 1 heterocycles. The van der Waals surface area contributed by atoms with Crippen LogP contribution in [-0.4, -0.2) is 37.2 Å². The Morgan fingerprint density at radius 2 is 2.00 bits per heavy atom. The normalized spacial score (nSPS) is 16.9. The Balaban J connectivity index is 1.84. The Morgan fingerprint density at radius 3 is 2.61 bits per heavy atom. The molecule has 0 bridgehead atoms. The maximum Gasteiger partial charge on any atom is 0.266 e. The molecule has 1 aliphatic heterocycles. The molecule has 1 fully saturated rings. The standard InChI is InChI=1S/C20H18ClIN2O3S/c1-23-20-24(2)19(25)17(28-20)10-13-8-15(22)18(16(9-13)26-3)27-11-12-4-6-14(21)7-5-12/h4-10H,11H2,1-3H3/b17-10-,23-20?. The van der Waals surface area contributed by atoms with Crippen LogP contribution in [0, 0.1) is 3.57 Å². The van der Waals surface area contributed by atoms with E-state index in [1.54, 1.807) is 26.1 Å². The van der Waals surface area contributed by atoms with Gasteiger partial charge in [0.05, 0.1) is 15.6 Å². The van der Waals surface area contributed by atoms with Crippen LogP contribution in [0.2, 0.25) is 5.02 Å². The smallest absolute Gasteiger partial charge is 0.266 e. The molecule has 1 aliphatic rings. The summed E-state index contributed by atoms with van der Waals surface area (Å²) in [6.45, 7) is 0.402. The van der Waals surface area contributed by atoms with Gasteiger partial charge in [-0.25, -0.2) is 0 Å². The van der Waals surface area contributed by atoms with Crippen molar-refractivity contribution in [1.29, 1.82) is 0 Å². The van der Waals surface area contributed by atoms with E-state index >= 15 is 0 Å². The van der Waals surface area contributed by atoms with Gasteiger partial charge in [0.2, 0.25) is 0 Å². The molecular weight excluding hydrogens is 511 g/mol. The fourth-order valence-corrected chi connectivity index (χ4v) is 4.43. The molecule has 0 saturated carbocycles. The molecule has 2 aromatic rings. The van der Waals surface area contributed by atoms with Crippen molar-refractivity contribution in [3.05, 3.63) is 61.0 Å². The Bertz CT molecular complexity index is 961. The minimum Gasteiger partial charge on any atom is -0.493 e. The number of halogens is 2. The van der Waals surface area contributed by atoms with Crippen molar-refractivity contribution in [3.8, 4) is 11.5 Å². The summed E-state index contributed by atoms with van der Waals surface area (Å²) in [6, 6.07) is 11.3. The molecule has 0 radical (unpaired) electrons. The average Bonchev–Trinajstić information content (AvgIpc) is 2.96. The van der Waals surface area contributed by atoms with Crippen molar-refractivity contribution < 1.29 is 14.3 Å². The number of nitrogens with zero attached hydrogens (tertiary/aromatic N) is 2. The number of amides is 1. The van der Waals surface area contributed by atoms with E-state index in [1.807, 2.05) is 42.5 Å². The number of likely N-dealkylation sites (N-methyl/N-ethyl adjacent to an activating group) is 1. The summed E-state index contributed by atoms with van der Waals surface area (Å²) in [4.78, 5) is 18.6. The molecule has 0 N–H and O–H groups in total. The maximum atomic E-state index is 12.4. The molecule has 8 heteroatoms. The highest BCUT2D eigenvalue weighted by molar-refractivity contribution is 14.1. The SMILES string of the molecule is CN=C1S/C(=C\c2cc(I)c(OCc3ccc(Cl)cc3)c(OC)c2)C(=O)N1C. The first-order valence-corrected chi connectivity index (χ1v) is 10.6. The summed E-state index contributed by atoms with van der Waals surface area (Å²) in [6.07, 6.45) is 1.84. The van der Waals surface area contributed by atoms with E-state index < -0.39 is 0 Å². The number of hydrogen-bond acceptors (Lipinski definition) is 5. The average molecular weight is 529 g/mol. The predicted molar refractivity (Wildman–Crippen MR) is 123 cm³/mol. The topological polar surface area (TPSA) is 51.1 Å². The third-order valence-electron chi connectivity index (χ3n) is 4.04. The molecular formula is C20H18ClIN2O3S. The molecule has 5 nitrogen and oxygen atoms in total. The number of rotatable bonds is 5. The van der Waals surface area contributed by atoms with Gasteiger partial charge in [-0.1, -0.05) is 23.7 Å². The maximum absolute atomic E-state index is 12.4. The number of carbonyl (C=O) groups excluding carboxylic acids is 1. The number of ether oxygens (including phenoxy) is 2. The highest BCUT2D eigenvalue weighted by Gasteiger charge is 2.29. The lowest BCUT2D eigenvalue weighted by Gasteiger charge is -2.14. The van der Waals surface area contributed by atoms with Gasteiger partial charge in [0.25, 0.3) is 5.91 Å². The van der Waals surface area contributed by atoms with Gasteiger partial charge in [0.1, 0.15) is 6.61 Å². The van der Waals surface area contributed by atoms with Gasteiger partial charge in [-0.3, -0.25) is 14.7 Å². The Morgan fingerprint density at radius 1 is 1.29 bits per heavy atom. The lowest BCUT2D eigenvalue weighted by atomic mass is 10.1. The van der Waals surface area contributed by atoms with Crippen molar-refractivity contribution in [2.45, 2.75) is 6.61 Å². The summed E-state index contributed by atoms with van der Waals surface area (Å²) in [5.74, 6) is 1.21. The van der Waals surface area contributed by atoms with E-state index in [0.717, 1.165) is 14.7 Å². The van der Waals surface area contributed by atoms with Gasteiger partial charge >= 0.3 is 0 Å². The van der Waals surface area contributed by atoms with Crippen molar-refractivity contribution >= 4 is 63.1 Å². The summed E-state index contributed by atoms with van der Waals surface area (Å²) < 4.78 is 12.4. The lowest BCUT2D eigenvalue weighted by molar-refractivity contribution is -0.121. The zero-order valence-electron chi connectivity index (χ0n) is 15.5. The van der Waals surface area contributed by atoms with Crippen molar-refractivity contribution in [3.63, 3.8) is 0 Å². The molecule has 1 saturated heterocycles. The molecule has 28 heavy (non-hydrogen) atoms. The van der Waals surface area contributed by atoms with E-state index in [1.165, 1.54) is 11.8 Å². The Kier molecular flexibility index (Phi) is 6.90. The third kappa shape index (κ3) is 4.64. The lowest BCUT2D eigenvalue weighted by Crippen LogP contribution is -2.23. The minimum absolute atomic E-state index is 0.0670. The molecule has 0 atom stereocenters. The quantitative estimate of drug-likeness (QED) is 0.402. The molecule has 3 rings (SSSR count). The van der Waals surface area contributed by atoms with Crippen LogP contribution >= 0.6 is 46.0 Å². The molecule has 0 spiro atoms. The Hall–Kier alpha value is -1.71. The second-order valence-corrected chi connectivity index (χ2v) is 8.54. The number of thioether (sulfide) groups is 1. The zero-order chi connectivity index (χ0) is 20.3. The molecule has 146 valence electrons. The largest absolute Gasteiger partial charge is 0.493 e. The summed E-state index contributed by atoms with van der Waals surface area (Å²) in [5, 5.41) is 1.37. The predicted octanol–water partition coefficient (Wildman–Crippen LogP) is 5.06. The highest BCUT2D eigenvalue weighted by atomic mass is 127. The fourth-order valence-electron chi connectivity index (χ4n) is 2.60. The third-order valence-corrected chi connectivity index (χ3v) is 6.25. The number of aliphatic imine (C=N–C) groups is 1. The fraction of sp³-hybridized carbons (Fsp3) is 0.200. The van der Waals surface area contributed by atoms with E-state index in [4.69, 9.17) is 21.1 Å². The number of benzene rings is 2. The van der Waals surface area contributed by atoms with Crippen LogP contribution < -0.4 is 9.47 Å². The summed E-state index contributed by atoms with van der Waals surface area (Å²) >= 11 is 9.49. The van der Waals surface area contributed by atoms with E-state index in [9.17, 15) is 4.79 Å². The molecule has 0 aliphatic carbocycles. The second kappa shape index (κ2) is 9.19. The highest BCUT2D eigenvalue weighted by Crippen LogP contribution is 2.37. The van der Waals surface area contributed by atoms with Gasteiger partial charge in [0.15, 0.2) is 16.7 Å². The Labute approximate surface area is 186 Å². The molecule has 0 unspecified atom stereocenters. The van der Waals surface area contributed by atoms with E-state index in [-0.39, 0.29) is 5.91 Å². The van der Waals surface area contributed by atoms with Crippen LogP contribution in [0.3, 0.4) is 0 Å². The molecule has 0 aromatic heterocycles. The number of carbonyl (C=O) groups is 1. The van der Waals surface area contributed by atoms with Crippen LogP contribution in [0.15, 0.2) is 46.3 Å². The zero-order valence-corrected chi connectivity index (χ0v) is 19.3. The monoisotopic (exact) mass is 528 g/mol. The van der Waals surface area contributed by atoms with Crippen molar-refractivity contribution in [2.75, 3.05) is 21.2 Å². The molecule has 1 amide bonds. The van der Waals surface area contributed by atoms with Crippen molar-refractivity contribution in [2.24, 2.45) is 4.99 Å². The van der Waals surface area contributed by atoms with Gasteiger partial charge in [-0.05, 0) is 75.8 Å². The van der Waals surface area contributed by atoms with Crippen LogP contribution in [-0.2, 0) is 11.4 Å². The van der Waals surface area contributed by atoms with Gasteiger partial charge < -0.3 is 9.47 Å². The first-order valence-electron chi connectivity index (χ1n) is 8.32. The summed E-state index contributed by atoms with van der Waals surface area (Å²) in [5.41, 5.74) is 1.87. The van der Waals surface area contributed by atoms with Gasteiger partial charge in [-0.15, -0.1) is 0 Å². The van der Waals surface area contributed by atoms with Gasteiger partial charge in [-0.2, -0.15) is 0 Å². The number of hydrogen-bond donors (Lipinski definition) is 0. The van der Waals surface area contributed by atoms with Crippen LogP contribution in [0.1, 0.15) is 11.1 Å². The van der Waals surface area contributed by atoms with Gasteiger partial charge in [0, 0.05) is 19.1 Å². The first-order chi connectivity index (χ1) is 13.4. The first kappa shape index (κ1) is 21.0. The van der Waals surface area contributed by atoms with E-state index in [2.05, 4.69) is 27.6 Å². The van der Waals surface area contributed by atoms with Crippen LogP contribution in [0.25, 0.3) is 6.08 Å². The second-order valence-electron chi connectivity index (χ2n) is 5.93. The van der Waals surface area contributed by atoms with E-state index in [0.29, 0.717) is 33.2 Å². The number of amidine groups is 1. The molecule has 2 aromatic carbocycles. The summed E-state index contributed by atoms with van der Waals surface area (Å²) in [7, 11) is 4.99.